The molecule has 2 rings (SSSR count). The van der Waals surface area contributed by atoms with Gasteiger partial charge in [-0.15, -0.1) is 0 Å². The molecule has 0 radical (unpaired) electrons. The second-order valence-corrected chi connectivity index (χ2v) is 5.15. The lowest BCUT2D eigenvalue weighted by Crippen LogP contribution is -2.23. The van der Waals surface area contributed by atoms with Crippen molar-refractivity contribution in [2.45, 2.75) is 10.1 Å². The van der Waals surface area contributed by atoms with Crippen molar-refractivity contribution in [2.75, 3.05) is 14.2 Å². The van der Waals surface area contributed by atoms with Crippen molar-refractivity contribution in [3.63, 3.8) is 0 Å². The van der Waals surface area contributed by atoms with E-state index in [0.29, 0.717) is 16.7 Å². The number of carboxylic acid groups (broad SMARTS) is 1. The molecule has 1 aromatic heterocycles. The van der Waals surface area contributed by atoms with Gasteiger partial charge in [0.05, 0.1) is 31.3 Å². The molecule has 118 valence electrons. The fourth-order valence-corrected chi connectivity index (χ4v) is 2.74. The number of carbonyl (C=O) groups is 1. The molecule has 0 aliphatic carbocycles. The number of hydrogen-bond acceptors (Lipinski definition) is 7. The zero-order valence-electron chi connectivity index (χ0n) is 12.1. The minimum absolute atomic E-state index is 0. The zero-order chi connectivity index (χ0) is 15.4. The molecule has 2 aromatic rings. The molecule has 0 amide bonds. The summed E-state index contributed by atoms with van der Waals surface area (Å²) < 4.78 is 10.1. The Hall–Kier alpha value is -2.03. The second kappa shape index (κ2) is 7.83. The number of carboxylic acids is 1. The van der Waals surface area contributed by atoms with Crippen molar-refractivity contribution in [1.82, 2.24) is 16.1 Å². The molecule has 4 N–H and O–H groups in total. The smallest absolute Gasteiger partial charge is 0.220 e. The van der Waals surface area contributed by atoms with Gasteiger partial charge in [0.2, 0.25) is 11.8 Å². The lowest BCUT2D eigenvalue weighted by Gasteiger charge is -2.11. The maximum Gasteiger partial charge on any atom is 0.220 e. The number of quaternary nitrogens is 1. The number of aromatic nitrogens is 2. The van der Waals surface area contributed by atoms with Crippen LogP contribution in [0.5, 0.6) is 11.8 Å². The van der Waals surface area contributed by atoms with Crippen LogP contribution >= 0.6 is 23.4 Å². The molecule has 1 heterocycles. The van der Waals surface area contributed by atoms with Gasteiger partial charge in [-0.3, -0.25) is 0 Å². The summed E-state index contributed by atoms with van der Waals surface area (Å²) in [4.78, 5) is 19.8. The standard InChI is InChI=1S/C13H11ClN2O4S.H3N/c1-19-9-6-10(20-2)16-13(15-9)21-8-5-3-4-7(14)11(8)12(17)18;/h3-6H,1-2H3,(H,17,18);1H3. The summed E-state index contributed by atoms with van der Waals surface area (Å²) >= 11 is 6.91. The van der Waals surface area contributed by atoms with Gasteiger partial charge in [0.25, 0.3) is 0 Å². The van der Waals surface area contributed by atoms with E-state index in [1.54, 1.807) is 12.1 Å². The Balaban J connectivity index is 0.00000242. The third kappa shape index (κ3) is 4.00. The first kappa shape index (κ1) is 18.0. The molecule has 0 atom stereocenters. The molecule has 0 bridgehead atoms. The first-order chi connectivity index (χ1) is 10.0. The molecular formula is C13H14ClN3O4S. The minimum Gasteiger partial charge on any atom is -0.545 e. The Morgan fingerprint density at radius 2 is 1.82 bits per heavy atom. The summed E-state index contributed by atoms with van der Waals surface area (Å²) in [6, 6.07) is 6.22. The normalized spacial score (nSPS) is 9.77. The predicted octanol–water partition coefficient (Wildman–Crippen LogP) is 2.04. The number of methoxy groups -OCH3 is 2. The van der Waals surface area contributed by atoms with Crippen LogP contribution in [-0.4, -0.2) is 30.2 Å². The lowest BCUT2D eigenvalue weighted by molar-refractivity contribution is -0.255. The number of benzene rings is 1. The highest BCUT2D eigenvalue weighted by molar-refractivity contribution is 7.99. The summed E-state index contributed by atoms with van der Waals surface area (Å²) in [6.07, 6.45) is 0. The quantitative estimate of drug-likeness (QED) is 0.824. The summed E-state index contributed by atoms with van der Waals surface area (Å²) in [6.45, 7) is 0. The summed E-state index contributed by atoms with van der Waals surface area (Å²) in [5.74, 6) is -0.749. The van der Waals surface area contributed by atoms with E-state index in [-0.39, 0.29) is 21.9 Å². The van der Waals surface area contributed by atoms with E-state index in [9.17, 15) is 9.90 Å². The van der Waals surface area contributed by atoms with E-state index in [0.717, 1.165) is 11.8 Å². The van der Waals surface area contributed by atoms with Gasteiger partial charge in [0.1, 0.15) is 0 Å². The van der Waals surface area contributed by atoms with Gasteiger partial charge in [0, 0.05) is 10.5 Å². The van der Waals surface area contributed by atoms with Crippen molar-refractivity contribution in [3.8, 4) is 11.8 Å². The van der Waals surface area contributed by atoms with Crippen LogP contribution in [0.1, 0.15) is 10.4 Å². The fraction of sp³-hybridized carbons (Fsp3) is 0.154. The molecule has 7 nitrogen and oxygen atoms in total. The molecular weight excluding hydrogens is 330 g/mol. The van der Waals surface area contributed by atoms with Crippen LogP contribution < -0.4 is 20.7 Å². The molecule has 0 unspecified atom stereocenters. The molecule has 0 fully saturated rings. The van der Waals surface area contributed by atoms with E-state index in [1.807, 2.05) is 0 Å². The largest absolute Gasteiger partial charge is 0.545 e. The summed E-state index contributed by atoms with van der Waals surface area (Å²) in [5, 5.41) is 11.5. The summed E-state index contributed by atoms with van der Waals surface area (Å²) in [7, 11) is 2.92. The molecule has 9 heteroatoms. The number of rotatable bonds is 5. The number of halogens is 1. The highest BCUT2D eigenvalue weighted by Gasteiger charge is 2.13. The van der Waals surface area contributed by atoms with Crippen LogP contribution in [0.25, 0.3) is 0 Å². The summed E-state index contributed by atoms with van der Waals surface area (Å²) in [5.41, 5.74) is -0.102. The molecule has 0 saturated heterocycles. The van der Waals surface area contributed by atoms with Gasteiger partial charge in [-0.25, -0.2) is 0 Å². The van der Waals surface area contributed by atoms with Crippen LogP contribution in [0.2, 0.25) is 5.02 Å². The zero-order valence-corrected chi connectivity index (χ0v) is 13.7. The second-order valence-electron chi connectivity index (χ2n) is 3.74. The van der Waals surface area contributed by atoms with Crippen LogP contribution in [-0.2, 0) is 0 Å². The van der Waals surface area contributed by atoms with Gasteiger partial charge in [0.15, 0.2) is 5.16 Å². The van der Waals surface area contributed by atoms with E-state index in [4.69, 9.17) is 21.1 Å². The van der Waals surface area contributed by atoms with Crippen molar-refractivity contribution >= 4 is 29.3 Å². The van der Waals surface area contributed by atoms with Crippen LogP contribution in [0, 0.1) is 0 Å². The SMILES string of the molecule is COc1cc(OC)nc(Sc2cccc(Cl)c2C(=O)[O-])n1.[NH4+]. The van der Waals surface area contributed by atoms with Crippen molar-refractivity contribution in [2.24, 2.45) is 0 Å². The first-order valence-corrected chi connectivity index (χ1v) is 6.89. The number of ether oxygens (including phenoxy) is 2. The van der Waals surface area contributed by atoms with Gasteiger partial charge < -0.3 is 25.5 Å². The van der Waals surface area contributed by atoms with E-state index in [2.05, 4.69) is 9.97 Å². The molecule has 22 heavy (non-hydrogen) atoms. The Morgan fingerprint density at radius 3 is 2.32 bits per heavy atom. The fourth-order valence-electron chi connectivity index (χ4n) is 1.52. The number of carbonyl (C=O) groups excluding carboxylic acids is 1. The number of aromatic carboxylic acids is 1. The first-order valence-electron chi connectivity index (χ1n) is 5.70. The van der Waals surface area contributed by atoms with Crippen LogP contribution in [0.3, 0.4) is 0 Å². The van der Waals surface area contributed by atoms with Gasteiger partial charge in [-0.05, 0) is 23.9 Å². The monoisotopic (exact) mass is 343 g/mol. The van der Waals surface area contributed by atoms with E-state index >= 15 is 0 Å². The van der Waals surface area contributed by atoms with Gasteiger partial charge in [-0.2, -0.15) is 9.97 Å². The Bertz CT molecular complexity index is 662. The molecule has 1 aromatic carbocycles. The van der Waals surface area contributed by atoms with Crippen molar-refractivity contribution in [3.05, 3.63) is 34.9 Å². The van der Waals surface area contributed by atoms with E-state index < -0.39 is 5.97 Å². The molecule has 0 aliphatic rings. The van der Waals surface area contributed by atoms with Crippen molar-refractivity contribution in [1.29, 1.82) is 0 Å². The highest BCUT2D eigenvalue weighted by Crippen LogP contribution is 2.33. The van der Waals surface area contributed by atoms with Gasteiger partial charge >= 0.3 is 0 Å². The van der Waals surface area contributed by atoms with Crippen LogP contribution in [0.4, 0.5) is 0 Å². The topological polar surface area (TPSA) is 121 Å². The predicted molar refractivity (Wildman–Crippen MR) is 81.0 cm³/mol. The maximum absolute atomic E-state index is 11.2. The third-order valence-electron chi connectivity index (χ3n) is 2.46. The lowest BCUT2D eigenvalue weighted by atomic mass is 10.2. The Morgan fingerprint density at radius 1 is 1.23 bits per heavy atom. The molecule has 0 spiro atoms. The molecule has 0 aliphatic heterocycles. The van der Waals surface area contributed by atoms with Gasteiger partial charge in [-0.1, -0.05) is 17.7 Å². The minimum atomic E-state index is -1.36. The van der Waals surface area contributed by atoms with Crippen LogP contribution in [0.15, 0.2) is 34.3 Å². The maximum atomic E-state index is 11.2. The highest BCUT2D eigenvalue weighted by atomic mass is 35.5. The Kier molecular flexibility index (Phi) is 6.41. The third-order valence-corrected chi connectivity index (χ3v) is 3.70. The average molecular weight is 344 g/mol. The van der Waals surface area contributed by atoms with Crippen molar-refractivity contribution < 1.29 is 19.4 Å². The van der Waals surface area contributed by atoms with E-state index in [1.165, 1.54) is 26.4 Å². The Labute approximate surface area is 136 Å². The average Bonchev–Trinajstić information content (AvgIpc) is 2.46. The molecule has 0 saturated carbocycles. The number of hydrogen-bond donors (Lipinski definition) is 1. The number of nitrogens with zero attached hydrogens (tertiary/aromatic N) is 2.